The normalized spacial score (nSPS) is 12.6. The van der Waals surface area contributed by atoms with Gasteiger partial charge >= 0.3 is 0 Å². The molecular formula is C6H12BO2S. The Morgan fingerprint density at radius 1 is 1.80 bits per heavy atom. The van der Waals surface area contributed by atoms with Gasteiger partial charge in [-0.15, -0.1) is 0 Å². The van der Waals surface area contributed by atoms with Crippen LogP contribution >= 0.6 is 11.8 Å². The fourth-order valence-electron chi connectivity index (χ4n) is 0.553. The van der Waals surface area contributed by atoms with Gasteiger partial charge in [-0.1, -0.05) is 13.8 Å². The molecule has 1 unspecified atom stereocenters. The second-order valence-electron chi connectivity index (χ2n) is 2.08. The van der Waals surface area contributed by atoms with Crippen LogP contribution in [0.3, 0.4) is 0 Å². The number of hydrogen-bond acceptors (Lipinski definition) is 2. The topological polar surface area (TPSA) is 37.3 Å². The van der Waals surface area contributed by atoms with Gasteiger partial charge in [0.25, 0.3) is 7.28 Å². The molecule has 0 aromatic heterocycles. The van der Waals surface area contributed by atoms with Crippen molar-refractivity contribution in [2.75, 3.05) is 5.75 Å². The molecule has 0 fully saturated rings. The summed E-state index contributed by atoms with van der Waals surface area (Å²) in [7, 11) is 1.32. The van der Waals surface area contributed by atoms with Crippen molar-refractivity contribution in [3.8, 4) is 0 Å². The molecule has 1 atom stereocenters. The van der Waals surface area contributed by atoms with Gasteiger partial charge in [0.2, 0.25) is 5.87 Å². The molecule has 0 aliphatic rings. The van der Waals surface area contributed by atoms with Gasteiger partial charge in [0.1, 0.15) is 0 Å². The van der Waals surface area contributed by atoms with Crippen molar-refractivity contribution in [1.29, 1.82) is 0 Å². The molecule has 0 rings (SSSR count). The maximum absolute atomic E-state index is 10.1. The molecule has 0 aliphatic heterocycles. The number of carbonyl (C=O) groups is 1. The molecule has 0 amide bonds. The van der Waals surface area contributed by atoms with Crippen LogP contribution in [0.25, 0.3) is 0 Å². The van der Waals surface area contributed by atoms with Crippen molar-refractivity contribution in [3.63, 3.8) is 0 Å². The average Bonchev–Trinajstić information content (AvgIpc) is 1.82. The smallest absolute Gasteiger partial charge is 0.275 e. The number of rotatable bonds is 5. The van der Waals surface area contributed by atoms with Crippen molar-refractivity contribution < 1.29 is 9.90 Å². The molecule has 0 saturated heterocycles. The molecule has 0 bridgehead atoms. The summed E-state index contributed by atoms with van der Waals surface area (Å²) in [5, 5.41) is 8.45. The third-order valence-electron chi connectivity index (χ3n) is 0.962. The Hall–Kier alpha value is -0.115. The maximum atomic E-state index is 10.1. The zero-order valence-corrected chi connectivity index (χ0v) is 7.15. The molecule has 0 saturated carbocycles. The van der Waals surface area contributed by atoms with Crippen molar-refractivity contribution in [3.05, 3.63) is 0 Å². The van der Waals surface area contributed by atoms with Crippen LogP contribution in [0.2, 0.25) is 0 Å². The van der Waals surface area contributed by atoms with Crippen molar-refractivity contribution in [2.45, 2.75) is 25.4 Å². The van der Waals surface area contributed by atoms with Crippen LogP contribution in [0.1, 0.15) is 20.3 Å². The Morgan fingerprint density at radius 2 is 2.40 bits per heavy atom. The Bertz CT molecular complexity index is 108. The van der Waals surface area contributed by atoms with Gasteiger partial charge in [-0.2, -0.15) is 11.8 Å². The van der Waals surface area contributed by atoms with Crippen LogP contribution in [0.5, 0.6) is 0 Å². The van der Waals surface area contributed by atoms with E-state index in [0.717, 1.165) is 12.2 Å². The van der Waals surface area contributed by atoms with Crippen LogP contribution < -0.4 is 0 Å². The van der Waals surface area contributed by atoms with Gasteiger partial charge in [-0.25, -0.2) is 0 Å². The second-order valence-corrected chi connectivity index (χ2v) is 3.57. The number of hydrogen-bond donors (Lipinski definition) is 1. The fraction of sp³-hybridized carbons (Fsp3) is 0.833. The highest BCUT2D eigenvalue weighted by Crippen LogP contribution is 2.09. The maximum Gasteiger partial charge on any atom is 0.275 e. The molecule has 4 heteroatoms. The third kappa shape index (κ3) is 6.01. The van der Waals surface area contributed by atoms with Gasteiger partial charge in [-0.05, 0) is 17.3 Å². The number of thioether (sulfide) groups is 1. The van der Waals surface area contributed by atoms with Gasteiger partial charge in [0.05, 0.1) is 0 Å². The molecule has 1 N–H and O–H groups in total. The van der Waals surface area contributed by atoms with Crippen LogP contribution in [0.15, 0.2) is 0 Å². The number of carboxylic acid groups (broad SMARTS) is 1. The fourth-order valence-corrected chi connectivity index (χ4v) is 1.37. The molecule has 0 aromatic rings. The Morgan fingerprint density at radius 3 is 2.80 bits per heavy atom. The van der Waals surface area contributed by atoms with Crippen molar-refractivity contribution in [1.82, 2.24) is 0 Å². The summed E-state index contributed by atoms with van der Waals surface area (Å²) in [4.78, 5) is 10.1. The molecule has 0 heterocycles. The molecule has 1 radical (unpaired) electrons. The van der Waals surface area contributed by atoms with E-state index in [1.54, 1.807) is 11.8 Å². The van der Waals surface area contributed by atoms with Crippen LogP contribution in [0, 0.1) is 0 Å². The predicted molar refractivity (Wildman–Crippen MR) is 46.0 cm³/mol. The standard InChI is InChI=1S/C6H12BO2S/c1-3-4-10-5(2)7-6(8)9/h5H,3-4H2,1-2H3,(H,8,9). The molecule has 0 spiro atoms. The van der Waals surface area contributed by atoms with E-state index in [0.29, 0.717) is 0 Å². The Balaban J connectivity index is 3.25. The quantitative estimate of drug-likeness (QED) is 0.622. The van der Waals surface area contributed by atoms with E-state index in [-0.39, 0.29) is 5.15 Å². The van der Waals surface area contributed by atoms with E-state index in [2.05, 4.69) is 6.92 Å². The Labute approximate surface area is 66.6 Å². The summed E-state index contributed by atoms with van der Waals surface area (Å²) in [6.45, 7) is 3.98. The average molecular weight is 159 g/mol. The summed E-state index contributed by atoms with van der Waals surface area (Å²) in [5.74, 6) is 0.210. The molecule has 0 aliphatic carbocycles. The highest BCUT2D eigenvalue weighted by molar-refractivity contribution is 8.01. The second kappa shape index (κ2) is 5.65. The molecular weight excluding hydrogens is 147 g/mol. The summed E-state index contributed by atoms with van der Waals surface area (Å²) in [6.07, 6.45) is 1.10. The first-order valence-corrected chi connectivity index (χ1v) is 4.41. The van der Waals surface area contributed by atoms with Crippen LogP contribution in [0.4, 0.5) is 4.79 Å². The van der Waals surface area contributed by atoms with Gasteiger partial charge in [-0.3, -0.25) is 4.79 Å². The van der Waals surface area contributed by atoms with E-state index in [1.807, 2.05) is 6.92 Å². The lowest BCUT2D eigenvalue weighted by molar-refractivity contribution is 0.219. The monoisotopic (exact) mass is 159 g/mol. The van der Waals surface area contributed by atoms with Crippen molar-refractivity contribution >= 4 is 24.9 Å². The van der Waals surface area contributed by atoms with E-state index >= 15 is 0 Å². The van der Waals surface area contributed by atoms with Gasteiger partial charge < -0.3 is 5.11 Å². The minimum atomic E-state index is -0.823. The lowest BCUT2D eigenvalue weighted by atomic mass is 9.75. The molecule has 2 nitrogen and oxygen atoms in total. The molecule has 0 aromatic carbocycles. The van der Waals surface area contributed by atoms with Gasteiger partial charge in [0.15, 0.2) is 0 Å². The highest BCUT2D eigenvalue weighted by Gasteiger charge is 2.09. The van der Waals surface area contributed by atoms with Crippen LogP contribution in [-0.2, 0) is 0 Å². The zero-order chi connectivity index (χ0) is 7.98. The van der Waals surface area contributed by atoms with E-state index < -0.39 is 5.87 Å². The van der Waals surface area contributed by atoms with Crippen LogP contribution in [-0.4, -0.2) is 29.2 Å². The minimum Gasteiger partial charge on any atom is -0.490 e. The van der Waals surface area contributed by atoms with E-state index in [9.17, 15) is 4.79 Å². The lowest BCUT2D eigenvalue weighted by Crippen LogP contribution is -2.17. The van der Waals surface area contributed by atoms with E-state index in [1.165, 1.54) is 7.28 Å². The van der Waals surface area contributed by atoms with E-state index in [4.69, 9.17) is 5.11 Å². The SMILES string of the molecule is CCCSC(C)[B]C(=O)O. The van der Waals surface area contributed by atoms with Gasteiger partial charge in [0, 0.05) is 0 Å². The molecule has 57 valence electrons. The predicted octanol–water partition coefficient (Wildman–Crippen LogP) is 1.86. The first kappa shape index (κ1) is 9.88. The highest BCUT2D eigenvalue weighted by atomic mass is 32.2. The summed E-state index contributed by atoms with van der Waals surface area (Å²) in [5.41, 5.74) is 0. The largest absolute Gasteiger partial charge is 0.490 e. The summed E-state index contributed by atoms with van der Waals surface area (Å²) >= 11 is 1.67. The van der Waals surface area contributed by atoms with Crippen molar-refractivity contribution in [2.24, 2.45) is 0 Å². The molecule has 10 heavy (non-hydrogen) atoms. The minimum absolute atomic E-state index is 0.137. The first-order valence-electron chi connectivity index (χ1n) is 3.36. The summed E-state index contributed by atoms with van der Waals surface area (Å²) < 4.78 is 0. The first-order chi connectivity index (χ1) is 4.66. The Kier molecular flexibility index (Phi) is 5.59. The lowest BCUT2D eigenvalue weighted by Gasteiger charge is -2.04. The third-order valence-corrected chi connectivity index (χ3v) is 2.27. The summed E-state index contributed by atoms with van der Waals surface area (Å²) in [6, 6.07) is 0. The zero-order valence-electron chi connectivity index (χ0n) is 6.33.